The maximum absolute atomic E-state index is 13.4. The van der Waals surface area contributed by atoms with Gasteiger partial charge in [-0.15, -0.1) is 0 Å². The molecule has 1 aliphatic heterocycles. The second-order valence-corrected chi connectivity index (χ2v) is 10.5. The fourth-order valence-electron chi connectivity index (χ4n) is 4.06. The third-order valence-electron chi connectivity index (χ3n) is 5.97. The van der Waals surface area contributed by atoms with Gasteiger partial charge in [0.25, 0.3) is 10.0 Å². The minimum atomic E-state index is -3.93. The highest BCUT2D eigenvalue weighted by atomic mass is 32.2. The molecule has 1 saturated heterocycles. The number of nitrogens with one attached hydrogen (secondary N) is 1. The fraction of sp³-hybridized carbons (Fsp3) is 0.259. The van der Waals surface area contributed by atoms with Gasteiger partial charge in [-0.2, -0.15) is 0 Å². The Kier molecular flexibility index (Phi) is 7.51. The molecule has 0 bridgehead atoms. The number of aryl methyl sites for hydroxylation is 1. The summed E-state index contributed by atoms with van der Waals surface area (Å²) in [4.78, 5) is 26.6. The highest BCUT2D eigenvalue weighted by Crippen LogP contribution is 2.24. The Hall–Kier alpha value is -3.65. The third kappa shape index (κ3) is 6.08. The number of nitrogens with zero attached hydrogens (tertiary/aromatic N) is 2. The van der Waals surface area contributed by atoms with E-state index in [2.05, 4.69) is 5.32 Å². The van der Waals surface area contributed by atoms with Crippen LogP contribution in [0.5, 0.6) is 0 Å². The lowest BCUT2D eigenvalue weighted by molar-refractivity contribution is -0.128. The number of hydrogen-bond donors (Lipinski definition) is 1. The van der Waals surface area contributed by atoms with Crippen molar-refractivity contribution in [3.05, 3.63) is 95.6 Å². The van der Waals surface area contributed by atoms with E-state index < -0.39 is 15.9 Å². The quantitative estimate of drug-likeness (QED) is 0.495. The van der Waals surface area contributed by atoms with E-state index in [0.717, 1.165) is 34.0 Å². The van der Waals surface area contributed by atoms with Crippen LogP contribution in [0.4, 0.5) is 5.69 Å². The van der Waals surface area contributed by atoms with Gasteiger partial charge in [-0.25, -0.2) is 8.42 Å². The largest absolute Gasteiger partial charge is 0.350 e. The lowest BCUT2D eigenvalue weighted by Crippen LogP contribution is -2.40. The molecule has 0 aliphatic carbocycles. The predicted octanol–water partition coefficient (Wildman–Crippen LogP) is 3.63. The number of sulfonamides is 1. The Balaban J connectivity index is 1.43. The number of rotatable bonds is 9. The zero-order valence-corrected chi connectivity index (χ0v) is 20.5. The Morgan fingerprint density at radius 2 is 1.69 bits per heavy atom. The molecule has 1 heterocycles. The molecule has 1 fully saturated rings. The molecule has 35 heavy (non-hydrogen) atoms. The molecule has 3 aromatic rings. The summed E-state index contributed by atoms with van der Waals surface area (Å²) < 4.78 is 27.9. The molecule has 2 amide bonds. The molecule has 0 saturated carbocycles. The van der Waals surface area contributed by atoms with Crippen LogP contribution in [0.1, 0.15) is 29.5 Å². The molecule has 3 aromatic carbocycles. The van der Waals surface area contributed by atoms with Gasteiger partial charge in [0.05, 0.1) is 10.6 Å². The molecule has 1 N–H and O–H groups in total. The van der Waals surface area contributed by atoms with Crippen LogP contribution in [0.2, 0.25) is 0 Å². The molecule has 0 unspecified atom stereocenters. The second kappa shape index (κ2) is 10.7. The lowest BCUT2D eigenvalue weighted by atomic mass is 10.1. The number of amides is 2. The van der Waals surface area contributed by atoms with Crippen molar-refractivity contribution in [1.82, 2.24) is 10.2 Å². The van der Waals surface area contributed by atoms with Gasteiger partial charge in [-0.05, 0) is 54.3 Å². The minimum absolute atomic E-state index is 0.126. The first-order valence-electron chi connectivity index (χ1n) is 11.6. The smallest absolute Gasteiger partial charge is 0.264 e. The van der Waals surface area contributed by atoms with E-state index in [4.69, 9.17) is 0 Å². The Bertz CT molecular complexity index is 1290. The van der Waals surface area contributed by atoms with Crippen LogP contribution in [0.15, 0.2) is 83.8 Å². The Morgan fingerprint density at radius 1 is 0.971 bits per heavy atom. The van der Waals surface area contributed by atoms with Crippen molar-refractivity contribution in [3.8, 4) is 0 Å². The predicted molar refractivity (Wildman–Crippen MR) is 135 cm³/mol. The van der Waals surface area contributed by atoms with E-state index >= 15 is 0 Å². The first-order valence-corrected chi connectivity index (χ1v) is 13.0. The van der Waals surface area contributed by atoms with Crippen molar-refractivity contribution in [2.24, 2.45) is 0 Å². The third-order valence-corrected chi connectivity index (χ3v) is 7.75. The number of benzene rings is 3. The molecule has 8 heteroatoms. The van der Waals surface area contributed by atoms with Crippen LogP contribution in [0, 0.1) is 6.92 Å². The van der Waals surface area contributed by atoms with E-state index in [0.29, 0.717) is 18.7 Å². The van der Waals surface area contributed by atoms with Gasteiger partial charge < -0.3 is 10.2 Å². The topological polar surface area (TPSA) is 86.8 Å². The Morgan fingerprint density at radius 3 is 2.34 bits per heavy atom. The molecule has 4 rings (SSSR count). The van der Waals surface area contributed by atoms with Crippen molar-refractivity contribution in [1.29, 1.82) is 0 Å². The summed E-state index contributed by atoms with van der Waals surface area (Å²) in [6.07, 6.45) is 1.52. The summed E-state index contributed by atoms with van der Waals surface area (Å²) >= 11 is 0. The summed E-state index contributed by atoms with van der Waals surface area (Å²) in [7, 11) is -3.93. The van der Waals surface area contributed by atoms with Gasteiger partial charge in [-0.3, -0.25) is 13.9 Å². The summed E-state index contributed by atoms with van der Waals surface area (Å²) in [5, 5.41) is 2.83. The van der Waals surface area contributed by atoms with Gasteiger partial charge in [0, 0.05) is 26.1 Å². The zero-order valence-electron chi connectivity index (χ0n) is 19.7. The van der Waals surface area contributed by atoms with Crippen molar-refractivity contribution < 1.29 is 18.0 Å². The van der Waals surface area contributed by atoms with E-state index in [9.17, 15) is 18.0 Å². The molecule has 7 nitrogen and oxygen atoms in total. The highest BCUT2D eigenvalue weighted by Gasteiger charge is 2.27. The number of carbonyl (C=O) groups is 2. The van der Waals surface area contributed by atoms with Crippen molar-refractivity contribution in [2.75, 3.05) is 17.4 Å². The number of carbonyl (C=O) groups excluding carboxylic acids is 2. The van der Waals surface area contributed by atoms with Crippen LogP contribution >= 0.6 is 0 Å². The molecule has 1 aliphatic rings. The van der Waals surface area contributed by atoms with Crippen LogP contribution < -0.4 is 9.62 Å². The number of likely N-dealkylation sites (tertiary alicyclic amines) is 1. The maximum Gasteiger partial charge on any atom is 0.264 e. The first kappa shape index (κ1) is 24.5. The van der Waals surface area contributed by atoms with E-state index in [-0.39, 0.29) is 23.9 Å². The van der Waals surface area contributed by atoms with Crippen LogP contribution in [-0.4, -0.2) is 38.2 Å². The first-order chi connectivity index (χ1) is 16.8. The van der Waals surface area contributed by atoms with Gasteiger partial charge in [0.1, 0.15) is 6.54 Å². The molecule has 0 aromatic heterocycles. The molecule has 182 valence electrons. The summed E-state index contributed by atoms with van der Waals surface area (Å²) in [6, 6.07) is 22.9. The molecule has 0 atom stereocenters. The number of anilines is 1. The van der Waals surface area contributed by atoms with Crippen LogP contribution in [-0.2, 0) is 32.7 Å². The minimum Gasteiger partial charge on any atom is -0.350 e. The van der Waals surface area contributed by atoms with Crippen molar-refractivity contribution >= 4 is 27.5 Å². The van der Waals surface area contributed by atoms with Gasteiger partial charge in [-0.1, -0.05) is 54.6 Å². The van der Waals surface area contributed by atoms with Crippen molar-refractivity contribution in [2.45, 2.75) is 37.8 Å². The van der Waals surface area contributed by atoms with Crippen LogP contribution in [0.25, 0.3) is 0 Å². The number of hydrogen-bond acceptors (Lipinski definition) is 4. The van der Waals surface area contributed by atoms with E-state index in [1.54, 1.807) is 36.4 Å². The average Bonchev–Trinajstić information content (AvgIpc) is 3.26. The van der Waals surface area contributed by atoms with Crippen LogP contribution in [0.3, 0.4) is 0 Å². The standard InChI is InChI=1S/C27H29N3O4S/c1-21-7-5-8-24(17-21)30(35(33,34)25-9-3-2-4-10-25)20-26(31)28-18-22-12-14-23(15-13-22)19-29-16-6-11-27(29)32/h2-5,7-10,12-15,17H,6,11,16,18-20H2,1H3,(H,28,31). The highest BCUT2D eigenvalue weighted by molar-refractivity contribution is 7.92. The maximum atomic E-state index is 13.4. The summed E-state index contributed by atoms with van der Waals surface area (Å²) in [5.74, 6) is -0.220. The Labute approximate surface area is 206 Å². The monoisotopic (exact) mass is 491 g/mol. The van der Waals surface area contributed by atoms with E-state index in [1.165, 1.54) is 12.1 Å². The van der Waals surface area contributed by atoms with E-state index in [1.807, 2.05) is 42.2 Å². The lowest BCUT2D eigenvalue weighted by Gasteiger charge is -2.24. The molecular formula is C27H29N3O4S. The van der Waals surface area contributed by atoms with Gasteiger partial charge >= 0.3 is 0 Å². The SMILES string of the molecule is Cc1cccc(N(CC(=O)NCc2ccc(CN3CCCC3=O)cc2)S(=O)(=O)c2ccccc2)c1. The van der Waals surface area contributed by atoms with Crippen molar-refractivity contribution in [3.63, 3.8) is 0 Å². The summed E-state index contributed by atoms with van der Waals surface area (Å²) in [5.41, 5.74) is 3.26. The molecule has 0 radical (unpaired) electrons. The summed E-state index contributed by atoms with van der Waals surface area (Å²) in [6.45, 7) is 3.19. The van der Waals surface area contributed by atoms with Gasteiger partial charge in [0.2, 0.25) is 11.8 Å². The molecular weight excluding hydrogens is 462 g/mol. The average molecular weight is 492 g/mol. The normalized spacial score (nSPS) is 13.6. The van der Waals surface area contributed by atoms with Gasteiger partial charge in [0.15, 0.2) is 0 Å². The zero-order chi connectivity index (χ0) is 24.8. The molecule has 0 spiro atoms. The second-order valence-electron chi connectivity index (χ2n) is 8.68. The fourth-order valence-corrected chi connectivity index (χ4v) is 5.49.